The first kappa shape index (κ1) is 21.6. The van der Waals surface area contributed by atoms with Crippen LogP contribution in [0.3, 0.4) is 0 Å². The summed E-state index contributed by atoms with van der Waals surface area (Å²) in [6.45, 7) is 7.75. The molecule has 0 aromatic carbocycles. The smallest absolute Gasteiger partial charge is 0.187 e. The van der Waals surface area contributed by atoms with E-state index in [1.54, 1.807) is 30.8 Å². The van der Waals surface area contributed by atoms with Crippen LogP contribution in [0.2, 0.25) is 0 Å². The summed E-state index contributed by atoms with van der Waals surface area (Å²) in [5.41, 5.74) is -2.22. The number of thioether (sulfide) groups is 2. The fraction of sp³-hybridized carbons (Fsp3) is 0.739. The van der Waals surface area contributed by atoms with Gasteiger partial charge in [-0.25, -0.2) is 4.39 Å². The van der Waals surface area contributed by atoms with Crippen molar-refractivity contribution in [3.8, 4) is 0 Å². The van der Waals surface area contributed by atoms with Gasteiger partial charge in [-0.15, -0.1) is 11.8 Å². The van der Waals surface area contributed by atoms with Crippen LogP contribution in [0.15, 0.2) is 23.8 Å². The van der Waals surface area contributed by atoms with Crippen LogP contribution in [0.5, 0.6) is 0 Å². The molecule has 0 heterocycles. The highest BCUT2D eigenvalue weighted by molar-refractivity contribution is 8.25. The monoisotopic (exact) mass is 438 g/mol. The molecule has 4 aliphatic carbocycles. The Morgan fingerprint density at radius 3 is 2.69 bits per heavy atom. The number of ketones is 1. The van der Waals surface area contributed by atoms with Crippen molar-refractivity contribution in [2.75, 3.05) is 5.75 Å². The molecule has 0 aromatic rings. The molecule has 0 spiro atoms. The number of hydrogen-bond acceptors (Lipinski definition) is 5. The zero-order chi connectivity index (χ0) is 21.2. The summed E-state index contributed by atoms with van der Waals surface area (Å²) in [4.78, 5) is 24.1. The Bertz CT molecular complexity index is 810. The highest BCUT2D eigenvalue weighted by Crippen LogP contribution is 2.73. The van der Waals surface area contributed by atoms with Crippen LogP contribution in [0, 0.1) is 22.7 Å². The minimum atomic E-state index is -1.79. The van der Waals surface area contributed by atoms with Gasteiger partial charge in [-0.05, 0) is 68.3 Å². The molecule has 0 bridgehead atoms. The molecule has 0 radical (unpaired) electrons. The highest BCUT2D eigenvalue weighted by atomic mass is 32.2. The maximum atomic E-state index is 17.0. The average Bonchev–Trinajstić information content (AvgIpc) is 2.89. The van der Waals surface area contributed by atoms with E-state index in [0.717, 1.165) is 24.2 Å². The van der Waals surface area contributed by atoms with Crippen LogP contribution in [0.25, 0.3) is 0 Å². The third kappa shape index (κ3) is 2.74. The molecule has 4 rings (SSSR count). The number of rotatable bonds is 3. The van der Waals surface area contributed by atoms with Gasteiger partial charge < -0.3 is 5.11 Å². The van der Waals surface area contributed by atoms with Crippen molar-refractivity contribution in [3.63, 3.8) is 0 Å². The molecule has 7 atom stereocenters. The first-order valence-electron chi connectivity index (χ1n) is 10.7. The molecule has 4 aliphatic rings. The second kappa shape index (κ2) is 6.96. The van der Waals surface area contributed by atoms with E-state index in [1.165, 1.54) is 17.8 Å². The third-order valence-electron chi connectivity index (χ3n) is 8.37. The van der Waals surface area contributed by atoms with Crippen molar-refractivity contribution in [3.05, 3.63) is 23.8 Å². The lowest BCUT2D eigenvalue weighted by Crippen LogP contribution is -2.67. The third-order valence-corrected chi connectivity index (χ3v) is 11.7. The molecule has 0 unspecified atom stereocenters. The van der Waals surface area contributed by atoms with Crippen molar-refractivity contribution >= 4 is 34.4 Å². The van der Waals surface area contributed by atoms with Crippen molar-refractivity contribution in [1.82, 2.24) is 0 Å². The zero-order valence-corrected chi connectivity index (χ0v) is 19.3. The van der Waals surface area contributed by atoms with E-state index >= 15 is 4.39 Å². The Balaban J connectivity index is 1.79. The lowest BCUT2D eigenvalue weighted by molar-refractivity contribution is -0.189. The van der Waals surface area contributed by atoms with Crippen LogP contribution in [0.4, 0.5) is 4.39 Å². The van der Waals surface area contributed by atoms with Crippen LogP contribution >= 0.6 is 23.5 Å². The first-order chi connectivity index (χ1) is 13.5. The largest absolute Gasteiger partial charge is 0.390 e. The van der Waals surface area contributed by atoms with Crippen molar-refractivity contribution in [2.24, 2.45) is 22.7 Å². The number of carbonyl (C=O) groups is 2. The lowest BCUT2D eigenvalue weighted by atomic mass is 9.46. The summed E-state index contributed by atoms with van der Waals surface area (Å²) < 4.78 is 16.7. The molecular weight excluding hydrogens is 407 g/mol. The van der Waals surface area contributed by atoms with Gasteiger partial charge in [-0.2, -0.15) is 0 Å². The molecule has 0 amide bonds. The number of aliphatic hydroxyl groups excluding tert-OH is 1. The van der Waals surface area contributed by atoms with Gasteiger partial charge >= 0.3 is 0 Å². The van der Waals surface area contributed by atoms with Gasteiger partial charge in [0.1, 0.15) is 0 Å². The van der Waals surface area contributed by atoms with Crippen LogP contribution < -0.4 is 0 Å². The number of fused-ring (bicyclic) bond motifs is 5. The molecule has 1 N–H and O–H groups in total. The molecule has 3 nitrogen and oxygen atoms in total. The molecule has 6 heteroatoms. The molecule has 0 aliphatic heterocycles. The maximum absolute atomic E-state index is 17.0. The summed E-state index contributed by atoms with van der Waals surface area (Å²) in [5, 5.41) is 11.4. The fourth-order valence-electron chi connectivity index (χ4n) is 7.06. The molecule has 0 aromatic heterocycles. The summed E-state index contributed by atoms with van der Waals surface area (Å²) in [7, 11) is 0. The van der Waals surface area contributed by atoms with E-state index in [0.29, 0.717) is 19.3 Å². The predicted molar refractivity (Wildman–Crippen MR) is 117 cm³/mol. The Labute approximate surface area is 181 Å². The summed E-state index contributed by atoms with van der Waals surface area (Å²) in [6, 6.07) is 0. The quantitative estimate of drug-likeness (QED) is 0.622. The van der Waals surface area contributed by atoms with Gasteiger partial charge in [-0.3, -0.25) is 9.59 Å². The van der Waals surface area contributed by atoms with Gasteiger partial charge in [0, 0.05) is 18.3 Å². The summed E-state index contributed by atoms with van der Waals surface area (Å²) in [5.74, 6) is 0.639. The van der Waals surface area contributed by atoms with Crippen molar-refractivity contribution in [1.29, 1.82) is 0 Å². The van der Waals surface area contributed by atoms with E-state index in [9.17, 15) is 14.7 Å². The Morgan fingerprint density at radius 1 is 1.31 bits per heavy atom. The second-order valence-corrected chi connectivity index (χ2v) is 12.9. The Hall–Kier alpha value is -0.590. The van der Waals surface area contributed by atoms with Crippen molar-refractivity contribution in [2.45, 2.75) is 75.7 Å². The molecular formula is C23H31FO3S2. The predicted octanol–water partition coefficient (Wildman–Crippen LogP) is 5.09. The van der Waals surface area contributed by atoms with Gasteiger partial charge in [0.05, 0.1) is 10.2 Å². The van der Waals surface area contributed by atoms with E-state index in [1.807, 2.05) is 6.92 Å². The molecule has 160 valence electrons. The van der Waals surface area contributed by atoms with E-state index < -0.39 is 17.2 Å². The van der Waals surface area contributed by atoms with Gasteiger partial charge in [-0.1, -0.05) is 37.3 Å². The van der Waals surface area contributed by atoms with Crippen molar-refractivity contribution < 1.29 is 19.1 Å². The minimum Gasteiger partial charge on any atom is -0.390 e. The second-order valence-electron chi connectivity index (χ2n) is 9.58. The van der Waals surface area contributed by atoms with E-state index in [2.05, 4.69) is 13.8 Å². The lowest BCUT2D eigenvalue weighted by Gasteiger charge is -2.63. The fourth-order valence-corrected chi connectivity index (χ4v) is 10.4. The standard InChI is InChI=1S/C23H31FO3S2/c1-5-28-22(29-14(2)25)11-9-17-18-7-6-15-12-16(26)8-10-20(15,3)23(18,24)19(27)13-21(17,22)4/h8,10,12,17-19,27H,5-7,9,11,13H2,1-4H3/t17-,18-,19-,20-,21-,22+,23-/m0/s1. The molecule has 3 fully saturated rings. The maximum Gasteiger partial charge on any atom is 0.187 e. The SMILES string of the molecule is CCS[C@@]1(SC(C)=O)CC[C@H]2[C@@H]3CCC4=CC(=O)C=C[C@]4(C)[C@@]3(F)[C@@H](O)C[C@@]21C. The Kier molecular flexibility index (Phi) is 5.19. The number of carbonyl (C=O) groups excluding carboxylic acids is 2. The summed E-state index contributed by atoms with van der Waals surface area (Å²) in [6.07, 6.45) is 7.06. The van der Waals surface area contributed by atoms with Crippen LogP contribution in [0.1, 0.15) is 59.8 Å². The average molecular weight is 439 g/mol. The number of halogens is 1. The summed E-state index contributed by atoms with van der Waals surface area (Å²) >= 11 is 3.20. The van der Waals surface area contributed by atoms with E-state index in [-0.39, 0.29) is 32.2 Å². The number of hydrogen-bond donors (Lipinski definition) is 1. The zero-order valence-electron chi connectivity index (χ0n) is 17.7. The molecule has 3 saturated carbocycles. The highest BCUT2D eigenvalue weighted by Gasteiger charge is 2.73. The molecule has 29 heavy (non-hydrogen) atoms. The molecule has 0 saturated heterocycles. The minimum absolute atomic E-state index is 0.0910. The normalized spacial score (nSPS) is 48.6. The number of aliphatic hydroxyl groups is 1. The van der Waals surface area contributed by atoms with Gasteiger partial charge in [0.2, 0.25) is 0 Å². The topological polar surface area (TPSA) is 54.4 Å². The van der Waals surface area contributed by atoms with Gasteiger partial charge in [0.25, 0.3) is 0 Å². The van der Waals surface area contributed by atoms with Gasteiger partial charge in [0.15, 0.2) is 16.6 Å². The van der Waals surface area contributed by atoms with E-state index in [4.69, 9.17) is 0 Å². The van der Waals surface area contributed by atoms with Crippen LogP contribution in [-0.4, -0.2) is 37.6 Å². The van der Waals surface area contributed by atoms with Crippen LogP contribution in [-0.2, 0) is 9.59 Å². The number of allylic oxidation sites excluding steroid dienone is 4. The Morgan fingerprint density at radius 2 is 2.03 bits per heavy atom. The number of alkyl halides is 1. The first-order valence-corrected chi connectivity index (χ1v) is 12.5.